The molecule has 0 aromatic carbocycles. The minimum atomic E-state index is -3.28. The zero-order valence-corrected chi connectivity index (χ0v) is 12.5. The Morgan fingerprint density at radius 3 is 2.75 bits per heavy atom. The maximum absolute atomic E-state index is 12.4. The van der Waals surface area contributed by atoms with Crippen LogP contribution in [0.1, 0.15) is 38.5 Å². The van der Waals surface area contributed by atoms with Crippen molar-refractivity contribution < 1.29 is 23.1 Å². The zero-order valence-electron chi connectivity index (χ0n) is 11.7. The van der Waals surface area contributed by atoms with E-state index in [0.717, 1.165) is 25.7 Å². The molecule has 2 heterocycles. The second-order valence-electron chi connectivity index (χ2n) is 5.71. The summed E-state index contributed by atoms with van der Waals surface area (Å²) >= 11 is 0. The molecule has 6 nitrogen and oxygen atoms in total. The van der Waals surface area contributed by atoms with Gasteiger partial charge in [-0.1, -0.05) is 0 Å². The molecule has 2 unspecified atom stereocenters. The van der Waals surface area contributed by atoms with E-state index in [2.05, 4.69) is 0 Å². The third-order valence-corrected chi connectivity index (χ3v) is 5.97. The summed E-state index contributed by atoms with van der Waals surface area (Å²) in [5, 5.41) is 8.71. The first kappa shape index (κ1) is 15.7. The summed E-state index contributed by atoms with van der Waals surface area (Å²) in [6, 6.07) is 0. The van der Waals surface area contributed by atoms with E-state index in [0.29, 0.717) is 26.1 Å². The molecule has 2 aliphatic rings. The van der Waals surface area contributed by atoms with Gasteiger partial charge in [0.15, 0.2) is 0 Å². The van der Waals surface area contributed by atoms with Gasteiger partial charge in [-0.15, -0.1) is 0 Å². The molecular formula is C13H23NO5S. The quantitative estimate of drug-likeness (QED) is 0.793. The first-order valence-corrected chi connectivity index (χ1v) is 8.89. The molecule has 0 aliphatic carbocycles. The Morgan fingerprint density at radius 2 is 2.10 bits per heavy atom. The Hall–Kier alpha value is -0.660. The molecule has 20 heavy (non-hydrogen) atoms. The molecule has 2 fully saturated rings. The van der Waals surface area contributed by atoms with Crippen molar-refractivity contribution in [2.75, 3.05) is 25.4 Å². The van der Waals surface area contributed by atoms with Crippen LogP contribution >= 0.6 is 0 Å². The Bertz CT molecular complexity index is 430. The minimum absolute atomic E-state index is 0.0681. The lowest BCUT2D eigenvalue weighted by molar-refractivity contribution is -0.137. The first-order valence-electron chi connectivity index (χ1n) is 7.28. The van der Waals surface area contributed by atoms with Gasteiger partial charge in [-0.05, 0) is 38.0 Å². The largest absolute Gasteiger partial charge is 0.481 e. The van der Waals surface area contributed by atoms with Crippen molar-refractivity contribution in [3.63, 3.8) is 0 Å². The molecule has 2 aliphatic heterocycles. The summed E-state index contributed by atoms with van der Waals surface area (Å²) < 4.78 is 31.6. The van der Waals surface area contributed by atoms with Crippen molar-refractivity contribution in [3.05, 3.63) is 0 Å². The van der Waals surface area contributed by atoms with Gasteiger partial charge in [-0.3, -0.25) is 4.79 Å². The number of hydrogen-bond acceptors (Lipinski definition) is 4. The van der Waals surface area contributed by atoms with Crippen LogP contribution in [0.4, 0.5) is 0 Å². The van der Waals surface area contributed by atoms with Gasteiger partial charge in [0.05, 0.1) is 11.9 Å². The normalized spacial score (nSPS) is 28.6. The molecule has 2 rings (SSSR count). The van der Waals surface area contributed by atoms with Gasteiger partial charge in [-0.2, -0.15) is 0 Å². The van der Waals surface area contributed by atoms with Crippen LogP contribution in [0.5, 0.6) is 0 Å². The molecule has 7 heteroatoms. The van der Waals surface area contributed by atoms with Crippen LogP contribution in [-0.2, 0) is 19.6 Å². The van der Waals surface area contributed by atoms with Crippen LogP contribution < -0.4 is 0 Å². The van der Waals surface area contributed by atoms with Gasteiger partial charge in [0.2, 0.25) is 10.0 Å². The summed E-state index contributed by atoms with van der Waals surface area (Å²) in [6.07, 6.45) is 3.98. The molecule has 1 N–H and O–H groups in total. The van der Waals surface area contributed by atoms with Crippen LogP contribution in [0.15, 0.2) is 0 Å². The highest BCUT2D eigenvalue weighted by molar-refractivity contribution is 7.89. The molecular weight excluding hydrogens is 282 g/mol. The summed E-state index contributed by atoms with van der Waals surface area (Å²) in [7, 11) is -3.28. The SMILES string of the molecule is O=C(O)CCC1CCCN(S(=O)(=O)CC2CCCO2)C1. The number of nitrogens with zero attached hydrogens (tertiary/aromatic N) is 1. The Balaban J connectivity index is 1.88. The van der Waals surface area contributed by atoms with Gasteiger partial charge in [0.1, 0.15) is 0 Å². The monoisotopic (exact) mass is 305 g/mol. The van der Waals surface area contributed by atoms with Crippen molar-refractivity contribution in [3.8, 4) is 0 Å². The Labute approximate surface area is 120 Å². The summed E-state index contributed by atoms with van der Waals surface area (Å²) in [6.45, 7) is 1.67. The maximum Gasteiger partial charge on any atom is 0.303 e. The van der Waals surface area contributed by atoms with Crippen molar-refractivity contribution in [2.45, 2.75) is 44.6 Å². The van der Waals surface area contributed by atoms with E-state index >= 15 is 0 Å². The number of carboxylic acid groups (broad SMARTS) is 1. The van der Waals surface area contributed by atoms with Gasteiger partial charge in [-0.25, -0.2) is 12.7 Å². The average Bonchev–Trinajstić information content (AvgIpc) is 2.89. The van der Waals surface area contributed by atoms with E-state index in [1.807, 2.05) is 0 Å². The molecule has 2 atom stereocenters. The van der Waals surface area contributed by atoms with Crippen molar-refractivity contribution in [2.24, 2.45) is 5.92 Å². The van der Waals surface area contributed by atoms with Crippen LogP contribution in [-0.4, -0.2) is 55.4 Å². The van der Waals surface area contributed by atoms with Crippen LogP contribution in [0.25, 0.3) is 0 Å². The third-order valence-electron chi connectivity index (χ3n) is 4.06. The standard InChI is InChI=1S/C13H23NO5S/c15-13(16)6-5-11-3-1-7-14(9-11)20(17,18)10-12-4-2-8-19-12/h11-12H,1-10H2,(H,15,16). The summed E-state index contributed by atoms with van der Waals surface area (Å²) in [5.41, 5.74) is 0. The predicted octanol–water partition coefficient (Wildman–Crippen LogP) is 1.07. The van der Waals surface area contributed by atoms with Crippen molar-refractivity contribution in [1.82, 2.24) is 4.31 Å². The van der Waals surface area contributed by atoms with E-state index in [4.69, 9.17) is 9.84 Å². The molecule has 0 aromatic rings. The van der Waals surface area contributed by atoms with Crippen molar-refractivity contribution >= 4 is 16.0 Å². The Morgan fingerprint density at radius 1 is 1.30 bits per heavy atom. The van der Waals surface area contributed by atoms with Gasteiger partial charge >= 0.3 is 5.97 Å². The fourth-order valence-corrected chi connectivity index (χ4v) is 4.75. The lowest BCUT2D eigenvalue weighted by Gasteiger charge is -2.32. The fourth-order valence-electron chi connectivity index (χ4n) is 2.96. The highest BCUT2D eigenvalue weighted by Crippen LogP contribution is 2.24. The lowest BCUT2D eigenvalue weighted by Crippen LogP contribution is -2.43. The van der Waals surface area contributed by atoms with Crippen molar-refractivity contribution in [1.29, 1.82) is 0 Å². The van der Waals surface area contributed by atoms with E-state index < -0.39 is 16.0 Å². The second kappa shape index (κ2) is 6.87. The molecule has 0 bridgehead atoms. The minimum Gasteiger partial charge on any atom is -0.481 e. The number of hydrogen-bond donors (Lipinski definition) is 1. The number of rotatable bonds is 6. The smallest absolute Gasteiger partial charge is 0.303 e. The third kappa shape index (κ3) is 4.43. The molecule has 0 amide bonds. The highest BCUT2D eigenvalue weighted by Gasteiger charge is 2.32. The molecule has 0 saturated carbocycles. The second-order valence-corrected chi connectivity index (χ2v) is 7.73. The van der Waals surface area contributed by atoms with E-state index in [9.17, 15) is 13.2 Å². The average molecular weight is 305 g/mol. The number of aliphatic carboxylic acids is 1. The van der Waals surface area contributed by atoms with E-state index in [1.54, 1.807) is 0 Å². The number of carboxylic acids is 1. The number of sulfonamides is 1. The highest BCUT2D eigenvalue weighted by atomic mass is 32.2. The lowest BCUT2D eigenvalue weighted by atomic mass is 9.95. The van der Waals surface area contributed by atoms with Gasteiger partial charge in [0, 0.05) is 26.1 Å². The molecule has 0 aromatic heterocycles. The number of piperidine rings is 1. The summed E-state index contributed by atoms with van der Waals surface area (Å²) in [5.74, 6) is -0.581. The molecule has 0 radical (unpaired) electrons. The molecule has 116 valence electrons. The zero-order chi connectivity index (χ0) is 14.6. The number of ether oxygens (including phenoxy) is 1. The van der Waals surface area contributed by atoms with Crippen LogP contribution in [0, 0.1) is 5.92 Å². The predicted molar refractivity (Wildman–Crippen MR) is 73.9 cm³/mol. The van der Waals surface area contributed by atoms with Gasteiger partial charge < -0.3 is 9.84 Å². The van der Waals surface area contributed by atoms with Gasteiger partial charge in [0.25, 0.3) is 0 Å². The number of carbonyl (C=O) groups is 1. The maximum atomic E-state index is 12.4. The van der Waals surface area contributed by atoms with Crippen LogP contribution in [0.3, 0.4) is 0 Å². The van der Waals surface area contributed by atoms with E-state index in [-0.39, 0.29) is 24.2 Å². The van der Waals surface area contributed by atoms with E-state index in [1.165, 1.54) is 4.31 Å². The molecule has 0 spiro atoms. The summed E-state index contributed by atoms with van der Waals surface area (Å²) in [4.78, 5) is 10.6. The van der Waals surface area contributed by atoms with Crippen LogP contribution in [0.2, 0.25) is 0 Å². The topological polar surface area (TPSA) is 83.9 Å². The first-order chi connectivity index (χ1) is 9.47. The fraction of sp³-hybridized carbons (Fsp3) is 0.923. The Kier molecular flexibility index (Phi) is 5.40. The molecule has 2 saturated heterocycles.